The van der Waals surface area contributed by atoms with Crippen molar-refractivity contribution in [1.82, 2.24) is 0 Å². The van der Waals surface area contributed by atoms with Crippen LogP contribution in [0.3, 0.4) is 0 Å². The lowest BCUT2D eigenvalue weighted by Crippen LogP contribution is -1.88. The van der Waals surface area contributed by atoms with E-state index in [1.807, 2.05) is 0 Å². The van der Waals surface area contributed by atoms with Gasteiger partial charge < -0.3 is 0 Å². The lowest BCUT2D eigenvalue weighted by molar-refractivity contribution is 0.380. The Morgan fingerprint density at radius 2 is 2.25 bits per heavy atom. The van der Waals surface area contributed by atoms with Crippen molar-refractivity contribution in [2.75, 3.05) is 0 Å². The maximum Gasteiger partial charge on any atom is 0.159 e. The molecule has 0 radical (unpaired) electrons. The first-order valence-electron chi connectivity index (χ1n) is 0.601. The van der Waals surface area contributed by atoms with E-state index in [1.54, 1.807) is 0 Å². The van der Waals surface area contributed by atoms with Gasteiger partial charge in [-0.25, -0.2) is 8.49 Å². The second kappa shape index (κ2) is 3.07. The standard InChI is InChI=1S/H3NO2S/c1-3-4-2/h4H,1H2. The lowest BCUT2D eigenvalue weighted by atomic mass is 13.6. The molecule has 0 bridgehead atoms. The van der Waals surface area contributed by atoms with Gasteiger partial charge in [-0.3, -0.25) is 0 Å². The van der Waals surface area contributed by atoms with E-state index in [4.69, 9.17) is 4.21 Å². The number of thiol groups is 1. The molecule has 4 heteroatoms. The second-order valence-electron chi connectivity index (χ2n) is 0.180. The minimum atomic E-state index is -0.474. The molecule has 0 amide bonds. The highest BCUT2D eigenvalue weighted by Crippen LogP contribution is 1.33. The van der Waals surface area contributed by atoms with E-state index >= 15 is 0 Å². The highest BCUT2D eigenvalue weighted by atomic mass is 32.2. The normalized spacial score (nSPS) is 7.25. The fourth-order valence-electron chi connectivity index (χ4n) is 0. The number of hydrogen-bond acceptors (Lipinski definition) is 3. The Morgan fingerprint density at radius 3 is 2.25 bits per heavy atom. The summed E-state index contributed by atoms with van der Waals surface area (Å²) in [6, 6.07) is 0. The summed E-state index contributed by atoms with van der Waals surface area (Å²) in [4.78, 5) is 0. The van der Waals surface area contributed by atoms with Crippen molar-refractivity contribution in [1.29, 1.82) is 0 Å². The molecule has 0 rings (SSSR count). The summed E-state index contributed by atoms with van der Waals surface area (Å²) in [6.45, 7) is 0. The Kier molecular flexibility index (Phi) is 3.12. The summed E-state index contributed by atoms with van der Waals surface area (Å²) in [7, 11) is 0. The van der Waals surface area contributed by atoms with E-state index < -0.39 is 11.9 Å². The van der Waals surface area contributed by atoms with Crippen molar-refractivity contribution in [2.24, 2.45) is 5.90 Å². The van der Waals surface area contributed by atoms with Gasteiger partial charge in [0.2, 0.25) is 0 Å². The first-order valence-corrected chi connectivity index (χ1v) is 1.33. The summed E-state index contributed by atoms with van der Waals surface area (Å²) < 4.78 is 12.4. The predicted molar refractivity (Wildman–Crippen MR) is 14.8 cm³/mol. The van der Waals surface area contributed by atoms with Crippen molar-refractivity contribution in [3.8, 4) is 0 Å². The third-order valence-electron chi connectivity index (χ3n) is 0.0430. The Balaban J connectivity index is 2.30. The highest BCUT2D eigenvalue weighted by molar-refractivity contribution is 7.60. The summed E-state index contributed by atoms with van der Waals surface area (Å²) in [5.41, 5.74) is 0. The smallest absolute Gasteiger partial charge is 0.159 e. The van der Waals surface area contributed by atoms with Gasteiger partial charge in [-0.2, -0.15) is 5.90 Å². The van der Waals surface area contributed by atoms with Crippen LogP contribution in [0.15, 0.2) is 0 Å². The van der Waals surface area contributed by atoms with Gasteiger partial charge in [-0.15, -0.1) is 0 Å². The van der Waals surface area contributed by atoms with Crippen LogP contribution in [-0.2, 0) is 16.2 Å². The summed E-state index contributed by atoms with van der Waals surface area (Å²) >= 11 is -0.474. The summed E-state index contributed by atoms with van der Waals surface area (Å²) in [5.74, 6) is 4.20. The maximum absolute atomic E-state index is 8.92. The van der Waals surface area contributed by atoms with Crippen molar-refractivity contribution in [3.05, 3.63) is 0 Å². The Labute approximate surface area is 27.4 Å². The molecule has 2 N–H and O–H groups in total. The zero-order valence-corrected chi connectivity index (χ0v) is 2.74. The average molecular weight is 81.1 g/mol. The van der Waals surface area contributed by atoms with Crippen LogP contribution in [0.25, 0.3) is 0 Å². The summed E-state index contributed by atoms with van der Waals surface area (Å²) in [5, 5.41) is 0. The molecule has 4 heavy (non-hydrogen) atoms. The monoisotopic (exact) mass is 81.0 g/mol. The van der Waals surface area contributed by atoms with Gasteiger partial charge in [0.1, 0.15) is 0 Å². The van der Waals surface area contributed by atoms with E-state index in [0.29, 0.717) is 0 Å². The largest absolute Gasteiger partial charge is 0.232 e. The van der Waals surface area contributed by atoms with Crippen LogP contribution in [0.4, 0.5) is 0 Å². The molecule has 0 aliphatic heterocycles. The molecule has 0 aliphatic carbocycles. The van der Waals surface area contributed by atoms with E-state index in [0.717, 1.165) is 0 Å². The van der Waals surface area contributed by atoms with Gasteiger partial charge >= 0.3 is 0 Å². The minimum Gasteiger partial charge on any atom is -0.232 e. The molecule has 0 aromatic carbocycles. The van der Waals surface area contributed by atoms with Gasteiger partial charge in [0.05, 0.1) is 0 Å². The third kappa shape index (κ3) is 2.07. The Hall–Kier alpha value is 0.0700. The molecule has 0 aromatic rings. The molecule has 0 spiro atoms. The van der Waals surface area contributed by atoms with Crippen LogP contribution >= 0.6 is 0 Å². The van der Waals surface area contributed by atoms with Gasteiger partial charge in [0.25, 0.3) is 0 Å². The molecule has 0 aliphatic rings. The lowest BCUT2D eigenvalue weighted by Gasteiger charge is -1.62. The van der Waals surface area contributed by atoms with Crippen LogP contribution in [0, 0.1) is 0 Å². The van der Waals surface area contributed by atoms with E-state index in [-0.39, 0.29) is 0 Å². The van der Waals surface area contributed by atoms with Gasteiger partial charge in [-0.1, -0.05) is 0 Å². The topological polar surface area (TPSA) is 52.3 Å². The number of hydrogen-bond donors (Lipinski definition) is 2. The highest BCUT2D eigenvalue weighted by Gasteiger charge is 1.43. The molecule has 0 saturated heterocycles. The average Bonchev–Trinajstić information content (AvgIpc) is 1.37. The van der Waals surface area contributed by atoms with Gasteiger partial charge in [0.15, 0.2) is 11.9 Å². The van der Waals surface area contributed by atoms with E-state index in [1.165, 1.54) is 0 Å². The molecule has 0 atom stereocenters. The van der Waals surface area contributed by atoms with Crippen LogP contribution in [0.2, 0.25) is 0 Å². The number of rotatable bonds is 1. The van der Waals surface area contributed by atoms with E-state index in [9.17, 15) is 0 Å². The molecule has 0 heterocycles. The zero-order chi connectivity index (χ0) is 3.41. The molecule has 0 unspecified atom stereocenters. The van der Waals surface area contributed by atoms with Crippen LogP contribution < -0.4 is 5.90 Å². The minimum absolute atomic E-state index is 0.474. The summed E-state index contributed by atoms with van der Waals surface area (Å²) in [6.07, 6.45) is 0. The van der Waals surface area contributed by atoms with Crippen LogP contribution in [-0.4, -0.2) is 4.21 Å². The first kappa shape index (κ1) is 4.07. The van der Waals surface area contributed by atoms with Gasteiger partial charge in [0, 0.05) is 0 Å². The maximum atomic E-state index is 8.92. The molecule has 3 nitrogen and oxygen atoms in total. The Morgan fingerprint density at radius 1 is 2.00 bits per heavy atom. The fourth-order valence-corrected chi connectivity index (χ4v) is 0. The van der Waals surface area contributed by atoms with Crippen LogP contribution in [0.1, 0.15) is 0 Å². The van der Waals surface area contributed by atoms with Crippen molar-refractivity contribution >= 4 is 11.9 Å². The molecule has 0 saturated carbocycles. The SMILES string of the molecule is NO[SH]=O. The van der Waals surface area contributed by atoms with Crippen molar-refractivity contribution in [3.63, 3.8) is 0 Å². The molecule has 0 fully saturated rings. The van der Waals surface area contributed by atoms with Crippen LogP contribution in [0.5, 0.6) is 0 Å². The van der Waals surface area contributed by atoms with Crippen molar-refractivity contribution in [2.45, 2.75) is 0 Å². The van der Waals surface area contributed by atoms with Crippen molar-refractivity contribution < 1.29 is 8.49 Å². The second-order valence-corrected chi connectivity index (χ2v) is 0.540. The molecule has 26 valence electrons. The zero-order valence-electron chi connectivity index (χ0n) is 1.84. The third-order valence-corrected chi connectivity index (χ3v) is 0.129. The molecular weight excluding hydrogens is 78.1 g/mol. The predicted octanol–water partition coefficient (Wildman–Crippen LogP) is -1.26. The molecule has 0 aromatic heterocycles. The van der Waals surface area contributed by atoms with Gasteiger partial charge in [-0.05, 0) is 0 Å². The van der Waals surface area contributed by atoms with E-state index in [2.05, 4.69) is 10.2 Å². The quantitative estimate of drug-likeness (QED) is 0.306. The first-order chi connectivity index (χ1) is 1.91. The number of nitrogens with two attached hydrogens (primary N) is 1. The Bertz CT molecular complexity index is 20.0. The fraction of sp³-hybridized carbons (Fsp3) is 0. The molecular formula is H3NO2S.